The Bertz CT molecular complexity index is 849. The number of benzene rings is 1. The molecule has 0 radical (unpaired) electrons. The van der Waals surface area contributed by atoms with E-state index in [2.05, 4.69) is 0 Å². The van der Waals surface area contributed by atoms with Crippen LogP contribution >= 0.6 is 0 Å². The zero-order valence-corrected chi connectivity index (χ0v) is 16.4. The van der Waals surface area contributed by atoms with Gasteiger partial charge in [0.2, 0.25) is 0 Å². The van der Waals surface area contributed by atoms with Crippen molar-refractivity contribution in [1.29, 1.82) is 0 Å². The molecule has 1 aromatic rings. The number of carbonyl (C=O) groups is 3. The van der Waals surface area contributed by atoms with Crippen molar-refractivity contribution in [2.24, 2.45) is 11.3 Å². The van der Waals surface area contributed by atoms with Crippen molar-refractivity contribution in [2.45, 2.75) is 52.7 Å². The number of carbonyl (C=O) groups excluding carboxylic acids is 3. The van der Waals surface area contributed by atoms with Crippen molar-refractivity contribution in [3.05, 3.63) is 34.9 Å². The summed E-state index contributed by atoms with van der Waals surface area (Å²) in [4.78, 5) is 39.4. The topological polar surface area (TPSA) is 132 Å². The molecule has 0 fully saturated rings. The Morgan fingerprint density at radius 2 is 1.68 bits per heavy atom. The number of phenolic OH excluding ortho intramolecular Hbond substituents is 2. The highest BCUT2D eigenvalue weighted by Gasteiger charge is 2.62. The average Bonchev–Trinajstić information content (AvgIpc) is 2.59. The quantitative estimate of drug-likeness (QED) is 0.332. The van der Waals surface area contributed by atoms with Gasteiger partial charge in [-0.1, -0.05) is 25.5 Å². The lowest BCUT2D eigenvalue weighted by Gasteiger charge is -2.42. The maximum absolute atomic E-state index is 13.4. The lowest BCUT2D eigenvalue weighted by molar-refractivity contribution is -0.139. The predicted molar refractivity (Wildman–Crippen MR) is 101 cm³/mol. The minimum atomic E-state index is -2.45. The number of aliphatic hydroxyl groups is 2. The van der Waals surface area contributed by atoms with E-state index in [9.17, 15) is 34.8 Å². The Morgan fingerprint density at radius 1 is 1.14 bits per heavy atom. The van der Waals surface area contributed by atoms with Crippen LogP contribution in [0, 0.1) is 11.3 Å². The Hall–Kier alpha value is -2.51. The Balaban J connectivity index is 2.78. The number of ketones is 3. The smallest absolute Gasteiger partial charge is 0.197 e. The van der Waals surface area contributed by atoms with E-state index in [0.717, 1.165) is 17.7 Å². The van der Waals surface area contributed by atoms with Gasteiger partial charge in [0.1, 0.15) is 17.6 Å². The molecule has 1 aliphatic rings. The minimum absolute atomic E-state index is 0.142. The van der Waals surface area contributed by atoms with Crippen LogP contribution in [0.3, 0.4) is 0 Å². The molecule has 152 valence electrons. The first-order valence-electron chi connectivity index (χ1n) is 9.12. The van der Waals surface area contributed by atoms with Crippen LogP contribution in [0.1, 0.15) is 61.3 Å². The molecule has 1 aliphatic carbocycles. The van der Waals surface area contributed by atoms with Crippen LogP contribution in [-0.4, -0.2) is 50.0 Å². The molecule has 0 saturated heterocycles. The van der Waals surface area contributed by atoms with Crippen LogP contribution < -0.4 is 0 Å². The fourth-order valence-corrected chi connectivity index (χ4v) is 3.61. The molecule has 0 aliphatic heterocycles. The van der Waals surface area contributed by atoms with Crippen LogP contribution in [0.2, 0.25) is 0 Å². The van der Waals surface area contributed by atoms with E-state index >= 15 is 0 Å². The van der Waals surface area contributed by atoms with Crippen LogP contribution in [-0.2, 0) is 4.79 Å². The number of fused-ring (bicyclic) bond motifs is 1. The van der Waals surface area contributed by atoms with Crippen LogP contribution in [0.25, 0.3) is 0 Å². The molecule has 1 aromatic carbocycles. The Labute approximate surface area is 163 Å². The highest BCUT2D eigenvalue weighted by atomic mass is 16.3. The van der Waals surface area contributed by atoms with Gasteiger partial charge in [-0.2, -0.15) is 0 Å². The van der Waals surface area contributed by atoms with Gasteiger partial charge in [-0.05, 0) is 38.3 Å². The van der Waals surface area contributed by atoms with Gasteiger partial charge in [-0.15, -0.1) is 0 Å². The van der Waals surface area contributed by atoms with Gasteiger partial charge in [0.05, 0.1) is 17.2 Å². The number of hydrogen-bond donors (Lipinski definition) is 4. The maximum atomic E-state index is 13.4. The van der Waals surface area contributed by atoms with Gasteiger partial charge < -0.3 is 20.4 Å². The first kappa shape index (κ1) is 21.8. The highest BCUT2D eigenvalue weighted by molar-refractivity contribution is 6.28. The van der Waals surface area contributed by atoms with E-state index in [1.165, 1.54) is 0 Å². The summed E-state index contributed by atoms with van der Waals surface area (Å²) in [6.07, 6.45) is -2.56. The fraction of sp³-hybridized carbons (Fsp3) is 0.476. The predicted octanol–water partition coefficient (Wildman–Crippen LogP) is 2.16. The van der Waals surface area contributed by atoms with Gasteiger partial charge in [0, 0.05) is 6.42 Å². The molecule has 0 bridgehead atoms. The molecule has 0 aromatic heterocycles. The minimum Gasteiger partial charge on any atom is -0.507 e. The molecular weight excluding hydrogens is 364 g/mol. The van der Waals surface area contributed by atoms with Crippen molar-refractivity contribution in [2.75, 3.05) is 0 Å². The summed E-state index contributed by atoms with van der Waals surface area (Å²) in [5.74, 6) is -4.33. The molecule has 28 heavy (non-hydrogen) atoms. The summed E-state index contributed by atoms with van der Waals surface area (Å²) in [5, 5.41) is 41.8. The third kappa shape index (κ3) is 3.36. The van der Waals surface area contributed by atoms with Gasteiger partial charge in [-0.3, -0.25) is 14.4 Å². The van der Waals surface area contributed by atoms with Crippen LogP contribution in [0.15, 0.2) is 23.8 Å². The maximum Gasteiger partial charge on any atom is 0.197 e. The van der Waals surface area contributed by atoms with Crippen molar-refractivity contribution < 1.29 is 34.8 Å². The van der Waals surface area contributed by atoms with Crippen molar-refractivity contribution in [3.8, 4) is 11.5 Å². The molecule has 0 spiro atoms. The zero-order chi connectivity index (χ0) is 21.4. The van der Waals surface area contributed by atoms with Gasteiger partial charge in [0.15, 0.2) is 22.8 Å². The van der Waals surface area contributed by atoms with E-state index in [1.54, 1.807) is 33.8 Å². The second kappa shape index (κ2) is 7.85. The third-order valence-corrected chi connectivity index (χ3v) is 5.02. The number of hydrogen-bond acceptors (Lipinski definition) is 7. The summed E-state index contributed by atoms with van der Waals surface area (Å²) in [7, 11) is 0. The molecule has 7 nitrogen and oxygen atoms in total. The summed E-state index contributed by atoms with van der Waals surface area (Å²) in [6, 6.07) is 2.05. The first-order valence-corrected chi connectivity index (χ1v) is 9.12. The number of aliphatic hydroxyl groups excluding tert-OH is 2. The number of allylic oxidation sites excluding steroid dienone is 1. The highest BCUT2D eigenvalue weighted by Crippen LogP contribution is 2.46. The molecule has 7 heteroatoms. The SMILES string of the molecule is CC(C)=CC[C@@H](O)C1(C(=O)CC(C)C)C(=O)c2c(O)ccc(O)c2C(=O)C1O. The summed E-state index contributed by atoms with van der Waals surface area (Å²) in [6.45, 7) is 6.98. The second-order valence-electron chi connectivity index (χ2n) is 7.87. The van der Waals surface area contributed by atoms with Crippen LogP contribution in [0.5, 0.6) is 11.5 Å². The first-order chi connectivity index (χ1) is 13.0. The fourth-order valence-electron chi connectivity index (χ4n) is 3.61. The molecular formula is C21H26O7. The standard InChI is InChI=1S/C21H26O7/c1-10(2)5-8-14(24)21(15(25)9-11(3)4)19(27)17-13(23)7-6-12(22)16(17)18(26)20(21)28/h5-7,11,14,20,22-24,28H,8-9H2,1-4H3/t14-,20?,21?/m1/s1. The Kier molecular flexibility index (Phi) is 6.11. The monoisotopic (exact) mass is 390 g/mol. The third-order valence-electron chi connectivity index (χ3n) is 5.02. The lowest BCUT2D eigenvalue weighted by Crippen LogP contribution is -2.62. The number of Topliss-reactive ketones (excluding diaryl/α,β-unsaturated/α-hetero) is 3. The molecule has 3 atom stereocenters. The molecule has 2 unspecified atom stereocenters. The summed E-state index contributed by atoms with van der Waals surface area (Å²) in [5.41, 5.74) is -2.73. The van der Waals surface area contributed by atoms with E-state index in [-0.39, 0.29) is 18.8 Å². The van der Waals surface area contributed by atoms with Gasteiger partial charge >= 0.3 is 0 Å². The van der Waals surface area contributed by atoms with E-state index in [0.29, 0.717) is 0 Å². The molecule has 0 amide bonds. The Morgan fingerprint density at radius 3 is 2.18 bits per heavy atom. The van der Waals surface area contributed by atoms with E-state index in [4.69, 9.17) is 0 Å². The molecule has 2 rings (SSSR count). The average molecular weight is 390 g/mol. The van der Waals surface area contributed by atoms with Crippen molar-refractivity contribution in [3.63, 3.8) is 0 Å². The number of aromatic hydroxyl groups is 2. The van der Waals surface area contributed by atoms with Gasteiger partial charge in [-0.25, -0.2) is 0 Å². The van der Waals surface area contributed by atoms with E-state index in [1.807, 2.05) is 0 Å². The number of phenols is 2. The van der Waals surface area contributed by atoms with E-state index < -0.39 is 57.6 Å². The second-order valence-corrected chi connectivity index (χ2v) is 7.87. The molecule has 0 saturated carbocycles. The largest absolute Gasteiger partial charge is 0.507 e. The lowest BCUT2D eigenvalue weighted by atomic mass is 9.60. The van der Waals surface area contributed by atoms with Gasteiger partial charge in [0.25, 0.3) is 0 Å². The summed E-state index contributed by atoms with van der Waals surface area (Å²) >= 11 is 0. The van der Waals surface area contributed by atoms with Crippen molar-refractivity contribution in [1.82, 2.24) is 0 Å². The van der Waals surface area contributed by atoms with Crippen LogP contribution in [0.4, 0.5) is 0 Å². The summed E-state index contributed by atoms with van der Waals surface area (Å²) < 4.78 is 0. The normalized spacial score (nSPS) is 22.8. The van der Waals surface area contributed by atoms with Crippen molar-refractivity contribution >= 4 is 17.3 Å². The molecule has 0 heterocycles. The molecule has 4 N–H and O–H groups in total. The number of rotatable bonds is 6. The zero-order valence-electron chi connectivity index (χ0n) is 16.4.